The summed E-state index contributed by atoms with van der Waals surface area (Å²) in [5.74, 6) is 1.89. The Morgan fingerprint density at radius 2 is 1.98 bits per heavy atom. The van der Waals surface area contributed by atoms with Gasteiger partial charge in [-0.1, -0.05) is 24.6 Å². The standard InChI is InChI=1S/C37H39FN6O4/c1-4-23-10-6-11-24-18-25(45)19-26(30(23)24)32-31(38)33-27(20-39-32)34(43-15-7-12-36(3,47)28(21-43)40-29(46)5-2)42-35(41-33)48-22-37-13-8-16-44(37)17-9-14-37/h1,5-6,10-11,18-20,28,45,47H,2,7-9,12-17,21-22H2,3H3,(H,40,46)/t28-,36+/m0/s1. The second kappa shape index (κ2) is 12.3. The van der Waals surface area contributed by atoms with Crippen molar-refractivity contribution in [2.24, 2.45) is 0 Å². The predicted octanol–water partition coefficient (Wildman–Crippen LogP) is 4.70. The summed E-state index contributed by atoms with van der Waals surface area (Å²) in [6.45, 7) is 8.37. The van der Waals surface area contributed by atoms with Gasteiger partial charge in [-0.25, -0.2) is 4.39 Å². The number of nitrogens with zero attached hydrogens (tertiary/aromatic N) is 5. The molecule has 7 rings (SSSR count). The van der Waals surface area contributed by atoms with Crippen LogP contribution in [-0.2, 0) is 4.79 Å². The highest BCUT2D eigenvalue weighted by Gasteiger charge is 2.45. The quantitative estimate of drug-likeness (QED) is 0.193. The Hall–Kier alpha value is -4.79. The molecule has 5 heterocycles. The van der Waals surface area contributed by atoms with Crippen molar-refractivity contribution in [2.75, 3.05) is 37.7 Å². The maximum Gasteiger partial charge on any atom is 0.319 e. The fraction of sp³-hybridized carbons (Fsp3) is 0.405. The largest absolute Gasteiger partial charge is 0.508 e. The van der Waals surface area contributed by atoms with Crippen LogP contribution in [0.25, 0.3) is 32.9 Å². The van der Waals surface area contributed by atoms with E-state index in [9.17, 15) is 15.0 Å². The number of fused-ring (bicyclic) bond motifs is 3. The fourth-order valence-corrected chi connectivity index (χ4v) is 7.83. The molecule has 1 amide bonds. The Morgan fingerprint density at radius 1 is 1.21 bits per heavy atom. The third-order valence-electron chi connectivity index (χ3n) is 10.4. The molecule has 0 bridgehead atoms. The third-order valence-corrected chi connectivity index (χ3v) is 10.4. The van der Waals surface area contributed by atoms with Crippen molar-refractivity contribution < 1.29 is 24.1 Å². The van der Waals surface area contributed by atoms with Crippen LogP contribution in [0.1, 0.15) is 51.0 Å². The van der Waals surface area contributed by atoms with E-state index >= 15 is 4.39 Å². The number of phenols is 1. The summed E-state index contributed by atoms with van der Waals surface area (Å²) in [6.07, 6.45) is 13.8. The lowest BCUT2D eigenvalue weighted by atomic mass is 9.92. The molecule has 3 aliphatic heterocycles. The van der Waals surface area contributed by atoms with E-state index in [0.29, 0.717) is 59.1 Å². The van der Waals surface area contributed by atoms with Crippen LogP contribution in [0.2, 0.25) is 0 Å². The summed E-state index contributed by atoms with van der Waals surface area (Å²) in [4.78, 5) is 30.8. The zero-order valence-corrected chi connectivity index (χ0v) is 27.0. The van der Waals surface area contributed by atoms with E-state index in [4.69, 9.17) is 16.1 Å². The number of aliphatic hydroxyl groups is 1. The number of anilines is 1. The van der Waals surface area contributed by atoms with Crippen molar-refractivity contribution in [3.05, 3.63) is 60.6 Å². The fourth-order valence-electron chi connectivity index (χ4n) is 7.83. The van der Waals surface area contributed by atoms with Crippen LogP contribution in [0.4, 0.5) is 10.2 Å². The summed E-state index contributed by atoms with van der Waals surface area (Å²) in [5, 5.41) is 26.4. The van der Waals surface area contributed by atoms with E-state index in [1.807, 2.05) is 4.90 Å². The topological polar surface area (TPSA) is 124 Å². The summed E-state index contributed by atoms with van der Waals surface area (Å²) in [6, 6.07) is 7.75. The van der Waals surface area contributed by atoms with Gasteiger partial charge in [-0.05, 0) is 88.2 Å². The van der Waals surface area contributed by atoms with Crippen LogP contribution < -0.4 is 15.0 Å². The van der Waals surface area contributed by atoms with E-state index in [2.05, 4.69) is 32.7 Å². The molecular weight excluding hydrogens is 611 g/mol. The highest BCUT2D eigenvalue weighted by molar-refractivity contribution is 6.02. The first-order chi connectivity index (χ1) is 23.1. The number of carbonyl (C=O) groups is 1. The minimum Gasteiger partial charge on any atom is -0.508 e. The first-order valence-corrected chi connectivity index (χ1v) is 16.5. The molecule has 3 aliphatic rings. The third kappa shape index (κ3) is 5.59. The molecule has 2 aromatic heterocycles. The van der Waals surface area contributed by atoms with Gasteiger partial charge < -0.3 is 25.2 Å². The lowest BCUT2D eigenvalue weighted by molar-refractivity contribution is -0.119. The normalized spacial score (nSPS) is 22.3. The lowest BCUT2D eigenvalue weighted by Crippen LogP contribution is -2.54. The number of amides is 1. The van der Waals surface area contributed by atoms with Crippen LogP contribution in [0.5, 0.6) is 11.8 Å². The van der Waals surface area contributed by atoms with Gasteiger partial charge in [0.2, 0.25) is 5.91 Å². The molecule has 48 heavy (non-hydrogen) atoms. The van der Waals surface area contributed by atoms with Crippen molar-refractivity contribution in [3.63, 3.8) is 0 Å². The summed E-state index contributed by atoms with van der Waals surface area (Å²) < 4.78 is 23.3. The Labute approximate surface area is 278 Å². The average Bonchev–Trinajstić information content (AvgIpc) is 3.62. The maximum absolute atomic E-state index is 17.0. The summed E-state index contributed by atoms with van der Waals surface area (Å²) in [5.41, 5.74) is -0.432. The van der Waals surface area contributed by atoms with Crippen LogP contribution >= 0.6 is 0 Å². The van der Waals surface area contributed by atoms with Gasteiger partial charge in [-0.2, -0.15) is 9.97 Å². The minimum absolute atomic E-state index is 0.00423. The molecule has 2 atom stereocenters. The number of benzene rings is 2. The first kappa shape index (κ1) is 31.8. The Balaban J connectivity index is 1.37. The molecule has 3 fully saturated rings. The van der Waals surface area contributed by atoms with Crippen LogP contribution in [0.15, 0.2) is 49.2 Å². The molecule has 0 radical (unpaired) electrons. The maximum atomic E-state index is 17.0. The van der Waals surface area contributed by atoms with E-state index in [-0.39, 0.29) is 35.1 Å². The molecule has 0 spiro atoms. The molecule has 0 aliphatic carbocycles. The number of pyridine rings is 1. The van der Waals surface area contributed by atoms with Crippen LogP contribution in [0, 0.1) is 18.2 Å². The molecule has 4 aromatic rings. The molecule has 248 valence electrons. The van der Waals surface area contributed by atoms with Gasteiger partial charge in [0.15, 0.2) is 5.82 Å². The van der Waals surface area contributed by atoms with Crippen molar-refractivity contribution >= 4 is 33.4 Å². The molecule has 3 saturated heterocycles. The number of hydrogen-bond donors (Lipinski definition) is 3. The van der Waals surface area contributed by atoms with E-state index in [0.717, 1.165) is 38.8 Å². The van der Waals surface area contributed by atoms with Crippen molar-refractivity contribution in [2.45, 2.75) is 62.6 Å². The smallest absolute Gasteiger partial charge is 0.319 e. The van der Waals surface area contributed by atoms with Gasteiger partial charge in [0.25, 0.3) is 0 Å². The summed E-state index contributed by atoms with van der Waals surface area (Å²) >= 11 is 0. The zero-order chi connectivity index (χ0) is 33.6. The highest BCUT2D eigenvalue weighted by atomic mass is 19.1. The number of halogens is 1. The second-order valence-corrected chi connectivity index (χ2v) is 13.4. The van der Waals surface area contributed by atoms with Gasteiger partial charge in [0.1, 0.15) is 29.4 Å². The van der Waals surface area contributed by atoms with Gasteiger partial charge in [-0.3, -0.25) is 14.7 Å². The number of phenolic OH excluding ortho intramolecular Hbond substituents is 1. The Morgan fingerprint density at radius 3 is 2.73 bits per heavy atom. The Bertz CT molecular complexity index is 1960. The van der Waals surface area contributed by atoms with E-state index in [1.54, 1.807) is 31.2 Å². The molecule has 10 nitrogen and oxygen atoms in total. The average molecular weight is 651 g/mol. The number of carbonyl (C=O) groups excluding carboxylic acids is 1. The number of ether oxygens (including phenoxy) is 1. The van der Waals surface area contributed by atoms with Crippen molar-refractivity contribution in [1.82, 2.24) is 25.2 Å². The highest BCUT2D eigenvalue weighted by Crippen LogP contribution is 2.41. The first-order valence-electron chi connectivity index (χ1n) is 16.5. The molecule has 0 saturated carbocycles. The number of rotatable bonds is 7. The number of terminal acetylenes is 1. The van der Waals surface area contributed by atoms with Crippen LogP contribution in [-0.4, -0.2) is 85.9 Å². The number of aromatic nitrogens is 3. The lowest BCUT2D eigenvalue weighted by Gasteiger charge is -2.34. The molecule has 2 aromatic carbocycles. The SMILES string of the molecule is C#Cc1cccc2cc(O)cc(-c3ncc4c(N5CCC[C@@](C)(O)[C@@H](NC(=O)C=C)C5)nc(OCC56CCCN5CCC6)nc4c3F)c12. The van der Waals surface area contributed by atoms with Gasteiger partial charge in [0, 0.05) is 35.8 Å². The molecule has 3 N–H and O–H groups in total. The number of hydrogen-bond acceptors (Lipinski definition) is 9. The molecule has 0 unspecified atom stereocenters. The monoisotopic (exact) mass is 650 g/mol. The van der Waals surface area contributed by atoms with Crippen molar-refractivity contribution in [1.29, 1.82) is 0 Å². The number of aromatic hydroxyl groups is 1. The zero-order valence-electron chi connectivity index (χ0n) is 27.0. The molecular formula is C37H39FN6O4. The van der Waals surface area contributed by atoms with Gasteiger partial charge in [0.05, 0.1) is 22.6 Å². The predicted molar refractivity (Wildman–Crippen MR) is 182 cm³/mol. The molecule has 11 heteroatoms. The van der Waals surface area contributed by atoms with Crippen LogP contribution in [0.3, 0.4) is 0 Å². The van der Waals surface area contributed by atoms with E-state index in [1.165, 1.54) is 18.3 Å². The summed E-state index contributed by atoms with van der Waals surface area (Å²) in [7, 11) is 0. The van der Waals surface area contributed by atoms with Gasteiger partial charge in [-0.15, -0.1) is 6.42 Å². The van der Waals surface area contributed by atoms with E-state index < -0.39 is 23.4 Å². The Kier molecular flexibility index (Phi) is 8.17. The van der Waals surface area contributed by atoms with Crippen molar-refractivity contribution in [3.8, 4) is 35.4 Å². The second-order valence-electron chi connectivity index (χ2n) is 13.4. The number of nitrogens with one attached hydrogen (secondary N) is 1. The van der Waals surface area contributed by atoms with Gasteiger partial charge >= 0.3 is 6.01 Å². The minimum atomic E-state index is -1.20.